The van der Waals surface area contributed by atoms with Crippen molar-refractivity contribution in [1.29, 1.82) is 0 Å². The quantitative estimate of drug-likeness (QED) is 0.812. The topological polar surface area (TPSA) is 41.1 Å². The monoisotopic (exact) mass is 342 g/mol. The summed E-state index contributed by atoms with van der Waals surface area (Å²) in [5.41, 5.74) is 0.941. The molecule has 0 fully saturated rings. The van der Waals surface area contributed by atoms with E-state index in [-0.39, 0.29) is 11.7 Å². The number of benzene rings is 1. The van der Waals surface area contributed by atoms with Gasteiger partial charge in [-0.2, -0.15) is 13.2 Å². The number of carbonyl (C=O) groups is 1. The van der Waals surface area contributed by atoms with E-state index in [0.717, 1.165) is 12.0 Å². The van der Waals surface area contributed by atoms with Crippen LogP contribution in [0.4, 0.5) is 18.9 Å². The maximum atomic E-state index is 12.3. The van der Waals surface area contributed by atoms with E-state index in [4.69, 9.17) is 0 Å². The predicted molar refractivity (Wildman–Crippen MR) is 85.3 cm³/mol. The third kappa shape index (κ3) is 5.07. The van der Waals surface area contributed by atoms with Crippen LogP contribution in [0.5, 0.6) is 0 Å². The minimum Gasteiger partial charge on any atom is -0.318 e. The van der Waals surface area contributed by atoms with Gasteiger partial charge >= 0.3 is 12.1 Å². The van der Waals surface area contributed by atoms with Crippen LogP contribution in [-0.4, -0.2) is 12.1 Å². The van der Waals surface area contributed by atoms with Crippen LogP contribution in [0.1, 0.15) is 29.8 Å². The van der Waals surface area contributed by atoms with E-state index in [2.05, 4.69) is 12.2 Å². The molecule has 1 unspecified atom stereocenters. The normalized spacial score (nSPS) is 12.9. The lowest BCUT2D eigenvalue weighted by Crippen LogP contribution is -2.30. The number of alkyl halides is 3. The van der Waals surface area contributed by atoms with Gasteiger partial charge in [-0.05, 0) is 35.6 Å². The summed E-state index contributed by atoms with van der Waals surface area (Å²) in [6, 6.07) is 10.6. The van der Waals surface area contributed by atoms with E-state index in [1.165, 1.54) is 17.0 Å². The van der Waals surface area contributed by atoms with Crippen molar-refractivity contribution in [2.45, 2.75) is 32.1 Å². The number of hydrogen-bond donors (Lipinski definition) is 2. The van der Waals surface area contributed by atoms with Crippen molar-refractivity contribution in [3.8, 4) is 0 Å². The Hall–Kier alpha value is -1.86. The third-order valence-corrected chi connectivity index (χ3v) is 4.28. The lowest BCUT2D eigenvalue weighted by atomic mass is 10.1. The van der Waals surface area contributed by atoms with Gasteiger partial charge in [-0.1, -0.05) is 25.1 Å². The van der Waals surface area contributed by atoms with E-state index < -0.39 is 12.1 Å². The molecule has 7 heteroatoms. The molecule has 1 amide bonds. The van der Waals surface area contributed by atoms with Crippen LogP contribution >= 0.6 is 11.3 Å². The lowest BCUT2D eigenvalue weighted by molar-refractivity contribution is -0.167. The van der Waals surface area contributed by atoms with Gasteiger partial charge in [0.1, 0.15) is 0 Å². The number of halogens is 3. The van der Waals surface area contributed by atoms with Crippen molar-refractivity contribution >= 4 is 22.9 Å². The Morgan fingerprint density at radius 2 is 2.04 bits per heavy atom. The number of carbonyl (C=O) groups excluding carboxylic acids is 1. The van der Waals surface area contributed by atoms with E-state index >= 15 is 0 Å². The van der Waals surface area contributed by atoms with Gasteiger partial charge in [-0.3, -0.25) is 4.79 Å². The molecule has 2 rings (SSSR count). The molecular formula is C16H17F3N2OS. The fourth-order valence-electron chi connectivity index (χ4n) is 2.14. The van der Waals surface area contributed by atoms with Crippen LogP contribution in [0.2, 0.25) is 0 Å². The van der Waals surface area contributed by atoms with Crippen molar-refractivity contribution in [2.24, 2.45) is 0 Å². The molecule has 2 aromatic rings. The Balaban J connectivity index is 1.98. The van der Waals surface area contributed by atoms with E-state index in [9.17, 15) is 18.0 Å². The van der Waals surface area contributed by atoms with Crippen molar-refractivity contribution < 1.29 is 18.0 Å². The van der Waals surface area contributed by atoms with Gasteiger partial charge in [0.25, 0.3) is 0 Å². The van der Waals surface area contributed by atoms with E-state index in [1.807, 2.05) is 22.8 Å². The molecule has 3 nitrogen and oxygen atoms in total. The SMILES string of the molecule is CCC(NCc1cccc(NC(=O)C(F)(F)F)c1)c1cccs1. The van der Waals surface area contributed by atoms with Crippen LogP contribution in [0, 0.1) is 0 Å². The van der Waals surface area contributed by atoms with Gasteiger partial charge in [0.2, 0.25) is 0 Å². The zero-order valence-corrected chi connectivity index (χ0v) is 13.3. The molecule has 0 aliphatic heterocycles. The highest BCUT2D eigenvalue weighted by Gasteiger charge is 2.38. The van der Waals surface area contributed by atoms with Crippen LogP contribution in [0.3, 0.4) is 0 Å². The van der Waals surface area contributed by atoms with Crippen LogP contribution in [0.25, 0.3) is 0 Å². The molecule has 0 saturated heterocycles. The maximum Gasteiger partial charge on any atom is 0.471 e. The molecular weight excluding hydrogens is 325 g/mol. The summed E-state index contributed by atoms with van der Waals surface area (Å²) in [4.78, 5) is 12.2. The molecule has 0 spiro atoms. The van der Waals surface area contributed by atoms with Crippen LogP contribution in [-0.2, 0) is 11.3 Å². The molecule has 0 saturated carbocycles. The van der Waals surface area contributed by atoms with E-state index in [0.29, 0.717) is 6.54 Å². The first kappa shape index (κ1) is 17.5. The average molecular weight is 342 g/mol. The summed E-state index contributed by atoms with van der Waals surface area (Å²) in [6.07, 6.45) is -3.98. The second-order valence-corrected chi connectivity index (χ2v) is 5.99. The van der Waals surface area contributed by atoms with Crippen molar-refractivity contribution in [3.05, 3.63) is 52.2 Å². The fraction of sp³-hybridized carbons (Fsp3) is 0.312. The summed E-state index contributed by atoms with van der Waals surface area (Å²) in [5, 5.41) is 7.24. The van der Waals surface area contributed by atoms with Gasteiger partial charge in [0.15, 0.2) is 0 Å². The molecule has 0 radical (unpaired) electrons. The number of thiophene rings is 1. The molecule has 0 aliphatic rings. The predicted octanol–water partition coefficient (Wildman–Crippen LogP) is 4.49. The minimum atomic E-state index is -4.89. The highest BCUT2D eigenvalue weighted by atomic mass is 32.1. The Bertz CT molecular complexity index is 641. The fourth-order valence-corrected chi connectivity index (χ4v) is 3.02. The van der Waals surface area contributed by atoms with Crippen molar-refractivity contribution in [1.82, 2.24) is 5.32 Å². The first-order valence-electron chi connectivity index (χ1n) is 7.14. The number of rotatable bonds is 6. The highest BCUT2D eigenvalue weighted by molar-refractivity contribution is 7.10. The summed E-state index contributed by atoms with van der Waals surface area (Å²) < 4.78 is 36.8. The Morgan fingerprint density at radius 1 is 1.26 bits per heavy atom. The average Bonchev–Trinajstić information content (AvgIpc) is 3.01. The zero-order valence-electron chi connectivity index (χ0n) is 12.5. The minimum absolute atomic E-state index is 0.135. The molecule has 124 valence electrons. The summed E-state index contributed by atoms with van der Waals surface area (Å²) >= 11 is 1.66. The number of nitrogens with one attached hydrogen (secondary N) is 2. The molecule has 1 aromatic heterocycles. The second-order valence-electron chi connectivity index (χ2n) is 5.01. The molecule has 0 aliphatic carbocycles. The molecule has 1 heterocycles. The summed E-state index contributed by atoms with van der Waals surface area (Å²) in [6.45, 7) is 2.57. The molecule has 2 N–H and O–H groups in total. The summed E-state index contributed by atoms with van der Waals surface area (Å²) in [5.74, 6) is -1.97. The van der Waals surface area contributed by atoms with Gasteiger partial charge in [-0.25, -0.2) is 0 Å². The van der Waals surface area contributed by atoms with E-state index in [1.54, 1.807) is 23.5 Å². The van der Waals surface area contributed by atoms with Crippen LogP contribution in [0.15, 0.2) is 41.8 Å². The van der Waals surface area contributed by atoms with Crippen molar-refractivity contribution in [3.63, 3.8) is 0 Å². The lowest BCUT2D eigenvalue weighted by Gasteiger charge is -2.16. The van der Waals surface area contributed by atoms with Gasteiger partial charge in [-0.15, -0.1) is 11.3 Å². The largest absolute Gasteiger partial charge is 0.471 e. The zero-order chi connectivity index (χ0) is 16.9. The van der Waals surface area contributed by atoms with Crippen LogP contribution < -0.4 is 10.6 Å². The molecule has 23 heavy (non-hydrogen) atoms. The van der Waals surface area contributed by atoms with Gasteiger partial charge < -0.3 is 10.6 Å². The molecule has 1 aromatic carbocycles. The number of hydrogen-bond acceptors (Lipinski definition) is 3. The van der Waals surface area contributed by atoms with Gasteiger partial charge in [0.05, 0.1) is 0 Å². The smallest absolute Gasteiger partial charge is 0.318 e. The Labute approximate surface area is 136 Å². The Kier molecular flexibility index (Phi) is 5.79. The second kappa shape index (κ2) is 7.61. The highest BCUT2D eigenvalue weighted by Crippen LogP contribution is 2.23. The van der Waals surface area contributed by atoms with Gasteiger partial charge in [0, 0.05) is 23.2 Å². The third-order valence-electron chi connectivity index (χ3n) is 3.29. The number of anilines is 1. The molecule has 0 bridgehead atoms. The summed E-state index contributed by atoms with van der Waals surface area (Å²) in [7, 11) is 0. The first-order chi connectivity index (χ1) is 10.9. The molecule has 1 atom stereocenters. The Morgan fingerprint density at radius 3 is 2.65 bits per heavy atom. The number of amides is 1. The van der Waals surface area contributed by atoms with Crippen molar-refractivity contribution in [2.75, 3.05) is 5.32 Å². The standard InChI is InChI=1S/C16H17F3N2OS/c1-2-13(14-7-4-8-23-14)20-10-11-5-3-6-12(9-11)21-15(22)16(17,18)19/h3-9,13,20H,2,10H2,1H3,(H,21,22). The first-order valence-corrected chi connectivity index (χ1v) is 8.02. The maximum absolute atomic E-state index is 12.3.